The molecule has 0 unspecified atom stereocenters. The average molecular weight is 466 g/mol. The molecule has 0 aliphatic carbocycles. The van der Waals surface area contributed by atoms with Crippen LogP contribution < -0.4 is 15.1 Å². The van der Waals surface area contributed by atoms with Crippen molar-refractivity contribution in [3.8, 4) is 0 Å². The summed E-state index contributed by atoms with van der Waals surface area (Å²) in [4.78, 5) is 25.8. The molecule has 1 heterocycles. The number of hydrogen-bond donors (Lipinski definition) is 1. The van der Waals surface area contributed by atoms with E-state index in [0.29, 0.717) is 36.7 Å². The van der Waals surface area contributed by atoms with Gasteiger partial charge in [-0.1, -0.05) is 6.92 Å². The van der Waals surface area contributed by atoms with Crippen molar-refractivity contribution in [1.29, 1.82) is 0 Å². The van der Waals surface area contributed by atoms with Gasteiger partial charge in [0, 0.05) is 38.7 Å². The molecule has 9 heteroatoms. The summed E-state index contributed by atoms with van der Waals surface area (Å²) in [5.41, 5.74) is 0.987. The van der Waals surface area contributed by atoms with E-state index < -0.39 is 11.6 Å². The summed E-state index contributed by atoms with van der Waals surface area (Å²) in [6.45, 7) is 10.6. The van der Waals surface area contributed by atoms with Crippen molar-refractivity contribution < 1.29 is 13.6 Å². The highest BCUT2D eigenvalue weighted by molar-refractivity contribution is 7.98. The Hall–Kier alpha value is -2.42. The molecule has 176 valence electrons. The van der Waals surface area contributed by atoms with Crippen molar-refractivity contribution in [3.63, 3.8) is 0 Å². The van der Waals surface area contributed by atoms with Crippen LogP contribution in [0.1, 0.15) is 45.9 Å². The molecule has 0 fully saturated rings. The number of carbonyl (C=O) groups is 1. The lowest BCUT2D eigenvalue weighted by Gasteiger charge is -2.25. The molecule has 2 aromatic rings. The molecule has 0 aliphatic rings. The second kappa shape index (κ2) is 12.6. The first-order chi connectivity index (χ1) is 15.3. The first-order valence-electron chi connectivity index (χ1n) is 11.0. The maximum atomic E-state index is 14.2. The molecule has 1 N–H and O–H groups in total. The number of rotatable bonds is 12. The zero-order valence-corrected chi connectivity index (χ0v) is 20.4. The van der Waals surface area contributed by atoms with E-state index in [1.807, 2.05) is 38.9 Å². The largest absolute Gasteiger partial charge is 0.369 e. The summed E-state index contributed by atoms with van der Waals surface area (Å²) in [7, 11) is 0. The van der Waals surface area contributed by atoms with Crippen LogP contribution in [-0.2, 0) is 4.79 Å². The van der Waals surface area contributed by atoms with Crippen LogP contribution in [0.2, 0.25) is 0 Å². The zero-order valence-electron chi connectivity index (χ0n) is 19.5. The molecule has 32 heavy (non-hydrogen) atoms. The fourth-order valence-corrected chi connectivity index (χ4v) is 4.10. The highest BCUT2D eigenvalue weighted by Gasteiger charge is 2.19. The van der Waals surface area contributed by atoms with Gasteiger partial charge in [-0.15, -0.1) is 11.8 Å². The number of amides is 1. The highest BCUT2D eigenvalue weighted by atomic mass is 32.2. The number of benzene rings is 1. The molecular weight excluding hydrogens is 432 g/mol. The minimum Gasteiger partial charge on any atom is -0.369 e. The van der Waals surface area contributed by atoms with Crippen LogP contribution >= 0.6 is 11.8 Å². The quantitative estimate of drug-likeness (QED) is 0.341. The average Bonchev–Trinajstić information content (AvgIpc) is 2.75. The predicted molar refractivity (Wildman–Crippen MR) is 129 cm³/mol. The molecule has 0 spiro atoms. The number of halogens is 2. The minimum absolute atomic E-state index is 0.141. The van der Waals surface area contributed by atoms with Gasteiger partial charge in [0.15, 0.2) is 5.82 Å². The third-order valence-electron chi connectivity index (χ3n) is 5.07. The SMILES string of the molecule is CCCN(CCCC(=O)Nc1c(SC)nc(C)nc1N(CC)CC)c1ccc(F)cc1F. The molecule has 0 bridgehead atoms. The third kappa shape index (κ3) is 6.79. The third-order valence-corrected chi connectivity index (χ3v) is 5.75. The van der Waals surface area contributed by atoms with Crippen LogP contribution in [0.25, 0.3) is 0 Å². The first-order valence-corrected chi connectivity index (χ1v) is 12.2. The number of aryl methyl sites for hydroxylation is 1. The van der Waals surface area contributed by atoms with E-state index >= 15 is 0 Å². The monoisotopic (exact) mass is 465 g/mol. The van der Waals surface area contributed by atoms with E-state index in [1.54, 1.807) is 0 Å². The van der Waals surface area contributed by atoms with Gasteiger partial charge in [-0.25, -0.2) is 18.7 Å². The molecule has 1 aromatic carbocycles. The van der Waals surface area contributed by atoms with E-state index in [0.717, 1.165) is 36.4 Å². The normalized spacial score (nSPS) is 10.8. The van der Waals surface area contributed by atoms with E-state index in [2.05, 4.69) is 20.2 Å². The first kappa shape index (κ1) is 25.8. The molecule has 1 aromatic heterocycles. The van der Waals surface area contributed by atoms with Crippen LogP contribution in [0.4, 0.5) is 26.0 Å². The number of anilines is 3. The molecule has 0 atom stereocenters. The van der Waals surface area contributed by atoms with E-state index in [9.17, 15) is 13.6 Å². The van der Waals surface area contributed by atoms with Gasteiger partial charge in [0.2, 0.25) is 5.91 Å². The van der Waals surface area contributed by atoms with Crippen LogP contribution in [0.5, 0.6) is 0 Å². The maximum absolute atomic E-state index is 14.2. The lowest BCUT2D eigenvalue weighted by Crippen LogP contribution is -2.28. The van der Waals surface area contributed by atoms with Gasteiger partial charge in [-0.3, -0.25) is 4.79 Å². The van der Waals surface area contributed by atoms with E-state index in [-0.39, 0.29) is 12.3 Å². The van der Waals surface area contributed by atoms with Gasteiger partial charge in [0.05, 0.1) is 5.69 Å². The standard InChI is InChI=1S/C23H33F2N5OS/c1-6-13-30(19-12-11-17(24)15-18(19)25)14-9-10-20(31)28-21-22(29(7-2)8-3)26-16(4)27-23(21)32-5/h11-12,15H,6-10,13-14H2,1-5H3,(H,28,31). The van der Waals surface area contributed by atoms with Gasteiger partial charge in [-0.05, 0) is 52.0 Å². The maximum Gasteiger partial charge on any atom is 0.224 e. The van der Waals surface area contributed by atoms with Crippen LogP contribution in [-0.4, -0.2) is 48.3 Å². The van der Waals surface area contributed by atoms with Gasteiger partial charge in [0.1, 0.15) is 28.2 Å². The lowest BCUT2D eigenvalue weighted by atomic mass is 10.2. The van der Waals surface area contributed by atoms with Crippen molar-refractivity contribution >= 4 is 34.9 Å². The Morgan fingerprint density at radius 2 is 1.81 bits per heavy atom. The fraction of sp³-hybridized carbons (Fsp3) is 0.522. The number of nitrogens with zero attached hydrogens (tertiary/aromatic N) is 4. The Bertz CT molecular complexity index is 908. The Morgan fingerprint density at radius 1 is 1.09 bits per heavy atom. The predicted octanol–water partition coefficient (Wildman–Crippen LogP) is 5.27. The molecule has 6 nitrogen and oxygen atoms in total. The zero-order chi connectivity index (χ0) is 23.7. The van der Waals surface area contributed by atoms with Crippen molar-refractivity contribution in [1.82, 2.24) is 9.97 Å². The second-order valence-electron chi connectivity index (χ2n) is 7.39. The topological polar surface area (TPSA) is 61.4 Å². The van der Waals surface area contributed by atoms with Crippen molar-refractivity contribution in [2.24, 2.45) is 0 Å². The van der Waals surface area contributed by atoms with Crippen LogP contribution in [0, 0.1) is 18.6 Å². The summed E-state index contributed by atoms with van der Waals surface area (Å²) in [6, 6.07) is 3.59. The number of aromatic nitrogens is 2. The Balaban J connectivity index is 2.10. The molecule has 0 saturated carbocycles. The second-order valence-corrected chi connectivity index (χ2v) is 8.18. The number of nitrogens with one attached hydrogen (secondary N) is 1. The van der Waals surface area contributed by atoms with E-state index in [4.69, 9.17) is 0 Å². The summed E-state index contributed by atoms with van der Waals surface area (Å²) in [5.74, 6) is 0.0494. The summed E-state index contributed by atoms with van der Waals surface area (Å²) < 4.78 is 27.5. The molecule has 0 aliphatic heterocycles. The Labute approximate surface area is 193 Å². The van der Waals surface area contributed by atoms with Crippen molar-refractivity contribution in [2.75, 3.05) is 47.6 Å². The minimum atomic E-state index is -0.601. The van der Waals surface area contributed by atoms with Gasteiger partial charge >= 0.3 is 0 Å². The summed E-state index contributed by atoms with van der Waals surface area (Å²) in [5, 5.41) is 3.73. The van der Waals surface area contributed by atoms with Gasteiger partial charge in [0.25, 0.3) is 0 Å². The van der Waals surface area contributed by atoms with Crippen LogP contribution in [0.3, 0.4) is 0 Å². The molecule has 1 amide bonds. The van der Waals surface area contributed by atoms with Crippen molar-refractivity contribution in [2.45, 2.75) is 52.0 Å². The molecular formula is C23H33F2N5OS. The smallest absolute Gasteiger partial charge is 0.224 e. The Kier molecular flexibility index (Phi) is 10.2. The number of thioether (sulfide) groups is 1. The molecule has 0 saturated heterocycles. The number of carbonyl (C=O) groups excluding carboxylic acids is 1. The summed E-state index contributed by atoms with van der Waals surface area (Å²) >= 11 is 1.47. The van der Waals surface area contributed by atoms with Crippen LogP contribution in [0.15, 0.2) is 23.2 Å². The van der Waals surface area contributed by atoms with E-state index in [1.165, 1.54) is 23.9 Å². The summed E-state index contributed by atoms with van der Waals surface area (Å²) in [6.07, 6.45) is 3.53. The molecule has 2 rings (SSSR count). The fourth-order valence-electron chi connectivity index (χ4n) is 3.53. The molecule has 0 radical (unpaired) electrons. The van der Waals surface area contributed by atoms with Crippen molar-refractivity contribution in [3.05, 3.63) is 35.7 Å². The Morgan fingerprint density at radius 3 is 2.41 bits per heavy atom. The lowest BCUT2D eigenvalue weighted by molar-refractivity contribution is -0.116. The van der Waals surface area contributed by atoms with Gasteiger partial charge < -0.3 is 15.1 Å². The number of hydrogen-bond acceptors (Lipinski definition) is 6. The van der Waals surface area contributed by atoms with Gasteiger partial charge in [-0.2, -0.15) is 0 Å². The highest BCUT2D eigenvalue weighted by Crippen LogP contribution is 2.32.